The predicted molar refractivity (Wildman–Crippen MR) is 80.8 cm³/mol. The second-order valence-electron chi connectivity index (χ2n) is 4.71. The average molecular weight is 301 g/mol. The standard InChI is InChI=1S/C14H15N5OS/c1-9-4-3-7-16-12(9)13-18-11(20-19-13)6-2-5-10-8-21-14(15)17-10/h3-4,7-8H,2,5-6H2,1H3,(H2,15,17). The fraction of sp³-hybridized carbons (Fsp3) is 0.286. The van der Waals surface area contributed by atoms with Gasteiger partial charge in [-0.05, 0) is 31.4 Å². The smallest absolute Gasteiger partial charge is 0.227 e. The molecule has 0 aromatic carbocycles. The van der Waals surface area contributed by atoms with E-state index in [1.165, 1.54) is 11.3 Å². The molecule has 21 heavy (non-hydrogen) atoms. The zero-order valence-electron chi connectivity index (χ0n) is 11.6. The molecule has 0 aliphatic carbocycles. The van der Waals surface area contributed by atoms with E-state index in [0.29, 0.717) is 16.8 Å². The highest BCUT2D eigenvalue weighted by Crippen LogP contribution is 2.18. The molecule has 0 atom stereocenters. The Morgan fingerprint density at radius 3 is 2.95 bits per heavy atom. The van der Waals surface area contributed by atoms with E-state index in [2.05, 4.69) is 20.1 Å². The molecule has 0 radical (unpaired) electrons. The van der Waals surface area contributed by atoms with Crippen LogP contribution in [0.25, 0.3) is 11.5 Å². The van der Waals surface area contributed by atoms with Crippen molar-refractivity contribution in [2.24, 2.45) is 0 Å². The average Bonchev–Trinajstić information content (AvgIpc) is 3.09. The Labute approximate surface area is 126 Å². The molecule has 6 nitrogen and oxygen atoms in total. The van der Waals surface area contributed by atoms with E-state index in [9.17, 15) is 0 Å². The Morgan fingerprint density at radius 1 is 1.29 bits per heavy atom. The Morgan fingerprint density at radius 2 is 2.19 bits per heavy atom. The third kappa shape index (κ3) is 3.25. The molecular weight excluding hydrogens is 286 g/mol. The van der Waals surface area contributed by atoms with E-state index in [1.807, 2.05) is 24.4 Å². The van der Waals surface area contributed by atoms with Crippen molar-refractivity contribution in [3.05, 3.63) is 40.9 Å². The summed E-state index contributed by atoms with van der Waals surface area (Å²) in [6.07, 6.45) is 4.20. The first-order chi connectivity index (χ1) is 10.2. The fourth-order valence-electron chi connectivity index (χ4n) is 2.03. The number of aromatic nitrogens is 4. The molecule has 0 amide bonds. The first-order valence-corrected chi connectivity index (χ1v) is 7.55. The lowest BCUT2D eigenvalue weighted by molar-refractivity contribution is 0.376. The van der Waals surface area contributed by atoms with Crippen LogP contribution in [-0.4, -0.2) is 20.1 Å². The van der Waals surface area contributed by atoms with Crippen molar-refractivity contribution in [3.63, 3.8) is 0 Å². The van der Waals surface area contributed by atoms with Crippen molar-refractivity contribution in [2.45, 2.75) is 26.2 Å². The second-order valence-corrected chi connectivity index (χ2v) is 5.60. The van der Waals surface area contributed by atoms with Crippen LogP contribution in [0.4, 0.5) is 5.13 Å². The largest absolute Gasteiger partial charge is 0.375 e. The lowest BCUT2D eigenvalue weighted by Gasteiger charge is -1.96. The SMILES string of the molecule is Cc1cccnc1-c1noc(CCCc2csc(N)n2)n1. The van der Waals surface area contributed by atoms with Crippen LogP contribution in [0.3, 0.4) is 0 Å². The van der Waals surface area contributed by atoms with Crippen LogP contribution in [0, 0.1) is 6.92 Å². The first kappa shape index (κ1) is 13.7. The number of thiazole rings is 1. The summed E-state index contributed by atoms with van der Waals surface area (Å²) in [5, 5.41) is 6.58. The molecule has 0 saturated heterocycles. The highest BCUT2D eigenvalue weighted by molar-refractivity contribution is 7.13. The summed E-state index contributed by atoms with van der Waals surface area (Å²) in [4.78, 5) is 12.9. The number of hydrogen-bond donors (Lipinski definition) is 1. The first-order valence-electron chi connectivity index (χ1n) is 6.67. The molecule has 2 N–H and O–H groups in total. The van der Waals surface area contributed by atoms with Gasteiger partial charge >= 0.3 is 0 Å². The molecule has 0 bridgehead atoms. The Balaban J connectivity index is 1.62. The van der Waals surface area contributed by atoms with E-state index < -0.39 is 0 Å². The molecule has 108 valence electrons. The molecule has 3 aromatic rings. The van der Waals surface area contributed by atoms with Crippen molar-refractivity contribution in [3.8, 4) is 11.5 Å². The van der Waals surface area contributed by atoms with E-state index in [0.717, 1.165) is 36.2 Å². The van der Waals surface area contributed by atoms with Gasteiger partial charge in [-0.3, -0.25) is 4.98 Å². The second kappa shape index (κ2) is 6.01. The molecule has 0 aliphatic rings. The maximum atomic E-state index is 5.60. The molecule has 0 aliphatic heterocycles. The van der Waals surface area contributed by atoms with Gasteiger partial charge in [-0.25, -0.2) is 4.98 Å². The summed E-state index contributed by atoms with van der Waals surface area (Å²) >= 11 is 1.46. The van der Waals surface area contributed by atoms with Gasteiger partial charge in [-0.15, -0.1) is 11.3 Å². The molecule has 3 aromatic heterocycles. The minimum absolute atomic E-state index is 0.543. The van der Waals surface area contributed by atoms with E-state index >= 15 is 0 Å². The van der Waals surface area contributed by atoms with Crippen LogP contribution in [0.5, 0.6) is 0 Å². The van der Waals surface area contributed by atoms with Gasteiger partial charge in [-0.2, -0.15) is 4.98 Å². The van der Waals surface area contributed by atoms with Gasteiger partial charge in [0.1, 0.15) is 5.69 Å². The van der Waals surface area contributed by atoms with Gasteiger partial charge < -0.3 is 10.3 Å². The topological polar surface area (TPSA) is 90.7 Å². The maximum Gasteiger partial charge on any atom is 0.227 e. The van der Waals surface area contributed by atoms with Crippen molar-refractivity contribution >= 4 is 16.5 Å². The minimum Gasteiger partial charge on any atom is -0.375 e. The van der Waals surface area contributed by atoms with Crippen molar-refractivity contribution in [1.82, 2.24) is 20.1 Å². The number of rotatable bonds is 5. The highest BCUT2D eigenvalue weighted by atomic mass is 32.1. The van der Waals surface area contributed by atoms with E-state index in [-0.39, 0.29) is 0 Å². The fourth-order valence-corrected chi connectivity index (χ4v) is 2.63. The zero-order chi connectivity index (χ0) is 14.7. The maximum absolute atomic E-state index is 5.60. The van der Waals surface area contributed by atoms with Crippen LogP contribution in [-0.2, 0) is 12.8 Å². The van der Waals surface area contributed by atoms with Gasteiger partial charge in [-0.1, -0.05) is 11.2 Å². The summed E-state index contributed by atoms with van der Waals surface area (Å²) in [7, 11) is 0. The summed E-state index contributed by atoms with van der Waals surface area (Å²) in [5.41, 5.74) is 8.41. The zero-order valence-corrected chi connectivity index (χ0v) is 12.4. The Kier molecular flexibility index (Phi) is 3.92. The summed E-state index contributed by atoms with van der Waals surface area (Å²) in [6.45, 7) is 1.98. The molecule has 3 rings (SSSR count). The normalized spacial score (nSPS) is 10.9. The Hall–Kier alpha value is -2.28. The summed E-state index contributed by atoms with van der Waals surface area (Å²) < 4.78 is 5.27. The van der Waals surface area contributed by atoms with Gasteiger partial charge in [0.25, 0.3) is 0 Å². The number of anilines is 1. The number of aryl methyl sites for hydroxylation is 3. The minimum atomic E-state index is 0.543. The molecule has 0 spiro atoms. The van der Waals surface area contributed by atoms with Gasteiger partial charge in [0, 0.05) is 18.0 Å². The van der Waals surface area contributed by atoms with Crippen LogP contribution in [0.2, 0.25) is 0 Å². The van der Waals surface area contributed by atoms with E-state index in [1.54, 1.807) is 6.20 Å². The quantitative estimate of drug-likeness (QED) is 0.779. The highest BCUT2D eigenvalue weighted by Gasteiger charge is 2.11. The number of nitrogen functional groups attached to an aromatic ring is 1. The predicted octanol–water partition coefficient (Wildman–Crippen LogP) is 2.65. The van der Waals surface area contributed by atoms with Gasteiger partial charge in [0.2, 0.25) is 11.7 Å². The lowest BCUT2D eigenvalue weighted by atomic mass is 10.2. The molecule has 3 heterocycles. The summed E-state index contributed by atoms with van der Waals surface area (Å²) in [5.74, 6) is 1.17. The third-order valence-electron chi connectivity index (χ3n) is 3.08. The van der Waals surface area contributed by atoms with Gasteiger partial charge in [0.15, 0.2) is 5.13 Å². The third-order valence-corrected chi connectivity index (χ3v) is 3.81. The number of pyridine rings is 1. The van der Waals surface area contributed by atoms with Gasteiger partial charge in [0.05, 0.1) is 5.69 Å². The molecular formula is C14H15N5OS. The van der Waals surface area contributed by atoms with Crippen LogP contribution < -0.4 is 5.73 Å². The van der Waals surface area contributed by atoms with Crippen LogP contribution >= 0.6 is 11.3 Å². The van der Waals surface area contributed by atoms with Crippen molar-refractivity contribution in [2.75, 3.05) is 5.73 Å². The molecule has 0 saturated carbocycles. The monoisotopic (exact) mass is 301 g/mol. The molecule has 0 unspecified atom stereocenters. The van der Waals surface area contributed by atoms with E-state index in [4.69, 9.17) is 10.3 Å². The molecule has 0 fully saturated rings. The Bertz CT molecular complexity index is 736. The van der Waals surface area contributed by atoms with Crippen molar-refractivity contribution < 1.29 is 4.52 Å². The lowest BCUT2D eigenvalue weighted by Crippen LogP contribution is -1.93. The molecule has 7 heteroatoms. The summed E-state index contributed by atoms with van der Waals surface area (Å²) in [6, 6.07) is 3.87. The number of nitrogens with two attached hydrogens (primary N) is 1. The van der Waals surface area contributed by atoms with Crippen molar-refractivity contribution in [1.29, 1.82) is 0 Å². The van der Waals surface area contributed by atoms with Crippen LogP contribution in [0.1, 0.15) is 23.6 Å². The van der Waals surface area contributed by atoms with Crippen LogP contribution in [0.15, 0.2) is 28.2 Å². The number of hydrogen-bond acceptors (Lipinski definition) is 7. The number of nitrogens with zero attached hydrogens (tertiary/aromatic N) is 4.